The minimum absolute atomic E-state index is 0.150. The predicted octanol–water partition coefficient (Wildman–Crippen LogP) is 0.931. The summed E-state index contributed by atoms with van der Waals surface area (Å²) in [5.74, 6) is -0.882. The average molecular weight is 398 g/mol. The molecule has 0 radical (unpaired) electrons. The molecule has 29 heavy (non-hydrogen) atoms. The van der Waals surface area contributed by atoms with Gasteiger partial charge in [0.15, 0.2) is 0 Å². The molecule has 1 atom stereocenters. The highest BCUT2D eigenvalue weighted by Gasteiger charge is 2.37. The van der Waals surface area contributed by atoms with Crippen LogP contribution in [0.3, 0.4) is 0 Å². The van der Waals surface area contributed by atoms with Crippen LogP contribution in [0.25, 0.3) is 0 Å². The first kappa shape index (κ1) is 18.9. The van der Waals surface area contributed by atoms with Gasteiger partial charge < -0.3 is 20.2 Å². The molecular formula is C19H19FN6O3. The van der Waals surface area contributed by atoms with Crippen LogP contribution in [0.15, 0.2) is 18.2 Å². The van der Waals surface area contributed by atoms with E-state index in [2.05, 4.69) is 10.4 Å². The molecule has 9 nitrogen and oxygen atoms in total. The monoisotopic (exact) mass is 398 g/mol. The lowest BCUT2D eigenvalue weighted by atomic mass is 10.0. The molecule has 0 saturated carbocycles. The number of anilines is 1. The van der Waals surface area contributed by atoms with Crippen LogP contribution in [0.2, 0.25) is 0 Å². The fraction of sp³-hybridized carbons (Fsp3) is 0.368. The van der Waals surface area contributed by atoms with Gasteiger partial charge in [0.05, 0.1) is 37.0 Å². The molecule has 2 N–H and O–H groups in total. The van der Waals surface area contributed by atoms with Gasteiger partial charge in [0, 0.05) is 31.3 Å². The molecule has 2 aromatic rings. The van der Waals surface area contributed by atoms with Gasteiger partial charge in [0.1, 0.15) is 17.6 Å². The van der Waals surface area contributed by atoms with Crippen molar-refractivity contribution in [2.45, 2.75) is 25.6 Å². The minimum Gasteiger partial charge on any atom is -0.394 e. The lowest BCUT2D eigenvalue weighted by Gasteiger charge is -2.32. The van der Waals surface area contributed by atoms with Crippen LogP contribution in [0.5, 0.6) is 0 Å². The van der Waals surface area contributed by atoms with Crippen molar-refractivity contribution in [2.24, 2.45) is 0 Å². The quantitative estimate of drug-likeness (QED) is 0.781. The molecule has 150 valence electrons. The number of hydrogen-bond acceptors (Lipinski definition) is 5. The molecular weight excluding hydrogens is 379 g/mol. The molecule has 0 aliphatic carbocycles. The van der Waals surface area contributed by atoms with E-state index in [-0.39, 0.29) is 30.7 Å². The summed E-state index contributed by atoms with van der Waals surface area (Å²) in [5, 5.41) is 25.6. The molecule has 0 saturated heterocycles. The molecule has 1 aromatic carbocycles. The standard InChI is InChI=1S/C19H19FN6O3/c1-24-13(10-27)8-26-17(18(24)28)14-9-25(5-4-16(14)23-26)19(29)22-12-2-3-15(20)11(6-12)7-21/h2-3,6,13,27H,4-5,8-10H2,1H3,(H,22,29). The van der Waals surface area contributed by atoms with Crippen LogP contribution in [0.1, 0.15) is 27.3 Å². The fourth-order valence-corrected chi connectivity index (χ4v) is 3.70. The first-order valence-corrected chi connectivity index (χ1v) is 9.15. The third-order valence-electron chi connectivity index (χ3n) is 5.39. The number of nitrogens with zero attached hydrogens (tertiary/aromatic N) is 5. The van der Waals surface area contributed by atoms with Gasteiger partial charge in [-0.2, -0.15) is 10.4 Å². The molecule has 0 fully saturated rings. The van der Waals surface area contributed by atoms with Gasteiger partial charge >= 0.3 is 6.03 Å². The fourth-order valence-electron chi connectivity index (χ4n) is 3.70. The molecule has 10 heteroatoms. The predicted molar refractivity (Wildman–Crippen MR) is 99.4 cm³/mol. The summed E-state index contributed by atoms with van der Waals surface area (Å²) in [7, 11) is 1.64. The number of aliphatic hydroxyl groups is 1. The van der Waals surface area contributed by atoms with E-state index in [1.54, 1.807) is 22.7 Å². The highest BCUT2D eigenvalue weighted by atomic mass is 19.1. The summed E-state index contributed by atoms with van der Waals surface area (Å²) in [5.41, 5.74) is 2.09. The Hall–Kier alpha value is -3.45. The Labute approximate surface area is 165 Å². The van der Waals surface area contributed by atoms with Gasteiger partial charge in [-0.3, -0.25) is 9.48 Å². The van der Waals surface area contributed by atoms with Gasteiger partial charge in [-0.05, 0) is 18.2 Å². The van der Waals surface area contributed by atoms with Crippen molar-refractivity contribution in [2.75, 3.05) is 25.5 Å². The van der Waals surface area contributed by atoms with Crippen molar-refractivity contribution in [3.05, 3.63) is 46.5 Å². The Balaban J connectivity index is 1.55. The van der Waals surface area contributed by atoms with Crippen molar-refractivity contribution in [1.82, 2.24) is 19.6 Å². The third kappa shape index (κ3) is 3.19. The molecule has 2 aliphatic heterocycles. The summed E-state index contributed by atoms with van der Waals surface area (Å²) < 4.78 is 15.1. The lowest BCUT2D eigenvalue weighted by Crippen LogP contribution is -2.48. The molecule has 1 unspecified atom stereocenters. The number of hydrogen-bond donors (Lipinski definition) is 2. The Bertz CT molecular complexity index is 1040. The first-order chi connectivity index (χ1) is 13.9. The number of rotatable bonds is 2. The van der Waals surface area contributed by atoms with Gasteiger partial charge in [-0.1, -0.05) is 0 Å². The Morgan fingerprint density at radius 3 is 3.00 bits per heavy atom. The Kier molecular flexibility index (Phi) is 4.68. The number of halogens is 1. The zero-order valence-corrected chi connectivity index (χ0v) is 15.7. The smallest absolute Gasteiger partial charge is 0.322 e. The summed E-state index contributed by atoms with van der Waals surface area (Å²) in [6, 6.07) is 4.79. The van der Waals surface area contributed by atoms with Crippen LogP contribution in [0.4, 0.5) is 14.9 Å². The SMILES string of the molecule is CN1C(=O)c2c3c(nn2CC1CO)CCN(C(=O)Nc1ccc(F)c(C#N)c1)C3. The van der Waals surface area contributed by atoms with Crippen molar-refractivity contribution in [3.8, 4) is 6.07 Å². The molecule has 2 aliphatic rings. The first-order valence-electron chi connectivity index (χ1n) is 9.15. The zero-order valence-electron chi connectivity index (χ0n) is 15.7. The molecule has 3 heterocycles. The summed E-state index contributed by atoms with van der Waals surface area (Å²) in [4.78, 5) is 28.5. The summed E-state index contributed by atoms with van der Waals surface area (Å²) >= 11 is 0. The van der Waals surface area contributed by atoms with E-state index in [1.165, 1.54) is 17.0 Å². The second-order valence-corrected chi connectivity index (χ2v) is 7.12. The third-order valence-corrected chi connectivity index (χ3v) is 5.39. The number of fused-ring (bicyclic) bond motifs is 3. The van der Waals surface area contributed by atoms with E-state index in [1.807, 2.05) is 0 Å². The summed E-state index contributed by atoms with van der Waals surface area (Å²) in [6.45, 7) is 0.879. The number of urea groups is 1. The number of amides is 3. The normalized spacial score (nSPS) is 18.1. The van der Waals surface area contributed by atoms with Crippen molar-refractivity contribution >= 4 is 17.6 Å². The highest BCUT2D eigenvalue weighted by Crippen LogP contribution is 2.27. The Morgan fingerprint density at radius 2 is 2.28 bits per heavy atom. The second-order valence-electron chi connectivity index (χ2n) is 7.12. The molecule has 1 aromatic heterocycles. The van der Waals surface area contributed by atoms with Crippen LogP contribution in [-0.4, -0.2) is 62.9 Å². The topological polar surface area (TPSA) is 114 Å². The maximum absolute atomic E-state index is 13.5. The van der Waals surface area contributed by atoms with Crippen molar-refractivity contribution < 1.29 is 19.1 Å². The maximum atomic E-state index is 13.5. The van der Waals surface area contributed by atoms with E-state index in [0.717, 1.165) is 11.8 Å². The second kappa shape index (κ2) is 7.18. The molecule has 0 bridgehead atoms. The number of benzene rings is 1. The number of nitriles is 1. The lowest BCUT2D eigenvalue weighted by molar-refractivity contribution is 0.0547. The average Bonchev–Trinajstić information content (AvgIpc) is 3.09. The minimum atomic E-state index is -0.650. The van der Waals surface area contributed by atoms with Gasteiger partial charge in [-0.15, -0.1) is 0 Å². The van der Waals surface area contributed by atoms with E-state index < -0.39 is 11.8 Å². The molecule has 3 amide bonds. The number of likely N-dealkylation sites (N-methyl/N-ethyl adjacent to an activating group) is 1. The van der Waals surface area contributed by atoms with E-state index >= 15 is 0 Å². The number of carbonyl (C=O) groups excluding carboxylic acids is 2. The van der Waals surface area contributed by atoms with Crippen molar-refractivity contribution in [3.63, 3.8) is 0 Å². The van der Waals surface area contributed by atoms with Crippen LogP contribution < -0.4 is 5.32 Å². The number of carbonyl (C=O) groups is 2. The summed E-state index contributed by atoms with van der Waals surface area (Å²) in [6.07, 6.45) is 0.496. The number of nitrogens with one attached hydrogen (secondary N) is 1. The van der Waals surface area contributed by atoms with E-state index in [4.69, 9.17) is 5.26 Å². The van der Waals surface area contributed by atoms with Crippen LogP contribution in [-0.2, 0) is 19.5 Å². The van der Waals surface area contributed by atoms with Gasteiger partial charge in [0.2, 0.25) is 0 Å². The van der Waals surface area contributed by atoms with E-state index in [0.29, 0.717) is 36.5 Å². The highest BCUT2D eigenvalue weighted by molar-refractivity contribution is 5.95. The van der Waals surface area contributed by atoms with Crippen LogP contribution >= 0.6 is 0 Å². The van der Waals surface area contributed by atoms with E-state index in [9.17, 15) is 19.1 Å². The number of aromatic nitrogens is 2. The molecule has 4 rings (SSSR count). The van der Waals surface area contributed by atoms with Gasteiger partial charge in [0.25, 0.3) is 5.91 Å². The maximum Gasteiger partial charge on any atom is 0.322 e. The van der Waals surface area contributed by atoms with Crippen molar-refractivity contribution in [1.29, 1.82) is 5.26 Å². The van der Waals surface area contributed by atoms with Gasteiger partial charge in [-0.25, -0.2) is 9.18 Å². The Morgan fingerprint density at radius 1 is 1.48 bits per heavy atom. The zero-order chi connectivity index (χ0) is 20.7. The number of aliphatic hydroxyl groups excluding tert-OH is 1. The largest absolute Gasteiger partial charge is 0.394 e. The van der Waals surface area contributed by atoms with Crippen LogP contribution in [0, 0.1) is 17.1 Å². The molecule has 0 spiro atoms.